The molecular formula is C22H32N4O2S. The van der Waals surface area contributed by atoms with Gasteiger partial charge in [-0.05, 0) is 52.3 Å². The zero-order valence-corrected chi connectivity index (χ0v) is 18.8. The topological polar surface area (TPSA) is 52.8 Å². The molecule has 2 aromatic rings. The molecule has 0 bridgehead atoms. The first-order valence-corrected chi connectivity index (χ1v) is 11.5. The Kier molecular flexibility index (Phi) is 6.08. The van der Waals surface area contributed by atoms with Crippen molar-refractivity contribution in [3.05, 3.63) is 38.4 Å². The second-order valence-corrected chi connectivity index (χ2v) is 9.59. The van der Waals surface area contributed by atoms with Gasteiger partial charge in [-0.2, -0.15) is 0 Å². The molecule has 7 heteroatoms. The van der Waals surface area contributed by atoms with Crippen molar-refractivity contribution in [1.82, 2.24) is 19.9 Å². The first kappa shape index (κ1) is 20.6. The van der Waals surface area contributed by atoms with E-state index < -0.39 is 0 Å². The Morgan fingerprint density at radius 1 is 1.34 bits per heavy atom. The van der Waals surface area contributed by atoms with E-state index in [0.29, 0.717) is 6.04 Å². The van der Waals surface area contributed by atoms with Crippen LogP contribution in [-0.2, 0) is 19.5 Å². The Hall–Kier alpha value is -1.70. The number of nitrogens with zero attached hydrogens (tertiary/aromatic N) is 4. The number of fused-ring (bicyclic) bond motifs is 1. The summed E-state index contributed by atoms with van der Waals surface area (Å²) in [7, 11) is 4.14. The first-order valence-electron chi connectivity index (χ1n) is 10.6. The zero-order chi connectivity index (χ0) is 20.5. The average molecular weight is 417 g/mol. The third-order valence-electron chi connectivity index (χ3n) is 6.57. The number of carbonyl (C=O) groups is 1. The summed E-state index contributed by atoms with van der Waals surface area (Å²) in [4.78, 5) is 21.3. The second kappa shape index (κ2) is 8.58. The van der Waals surface area contributed by atoms with Crippen LogP contribution in [0.3, 0.4) is 0 Å². The van der Waals surface area contributed by atoms with Gasteiger partial charge >= 0.3 is 0 Å². The maximum absolute atomic E-state index is 13.2. The Labute approximate surface area is 177 Å². The Balaban J connectivity index is 1.41. The van der Waals surface area contributed by atoms with Crippen LogP contribution in [0.25, 0.3) is 0 Å². The largest absolute Gasteiger partial charge is 0.361 e. The molecule has 0 aromatic carbocycles. The Morgan fingerprint density at radius 3 is 2.90 bits per heavy atom. The highest BCUT2D eigenvalue weighted by molar-refractivity contribution is 7.10. The number of likely N-dealkylation sites (tertiary alicyclic amines) is 1. The van der Waals surface area contributed by atoms with Crippen molar-refractivity contribution in [2.75, 3.05) is 33.7 Å². The molecule has 2 aliphatic heterocycles. The van der Waals surface area contributed by atoms with Crippen LogP contribution in [0.15, 0.2) is 9.90 Å². The molecule has 0 spiro atoms. The molecule has 0 N–H and O–H groups in total. The molecule has 2 aromatic heterocycles. The number of aryl methyl sites for hydroxylation is 2. The molecule has 29 heavy (non-hydrogen) atoms. The summed E-state index contributed by atoms with van der Waals surface area (Å²) in [5.41, 5.74) is 4.35. The fourth-order valence-electron chi connectivity index (χ4n) is 4.63. The zero-order valence-electron chi connectivity index (χ0n) is 18.0. The highest BCUT2D eigenvalue weighted by atomic mass is 32.1. The van der Waals surface area contributed by atoms with Crippen molar-refractivity contribution in [1.29, 1.82) is 0 Å². The molecule has 2 aliphatic rings. The Bertz CT molecular complexity index is 855. The molecule has 4 rings (SSSR count). The third kappa shape index (κ3) is 4.27. The number of hydrogen-bond donors (Lipinski definition) is 0. The van der Waals surface area contributed by atoms with Gasteiger partial charge in [-0.1, -0.05) is 11.6 Å². The molecule has 158 valence electrons. The van der Waals surface area contributed by atoms with E-state index >= 15 is 0 Å². The molecule has 6 nitrogen and oxygen atoms in total. The van der Waals surface area contributed by atoms with Crippen molar-refractivity contribution in [3.8, 4) is 0 Å². The van der Waals surface area contributed by atoms with Crippen molar-refractivity contribution >= 4 is 17.2 Å². The summed E-state index contributed by atoms with van der Waals surface area (Å²) >= 11 is 1.73. The van der Waals surface area contributed by atoms with Gasteiger partial charge in [0, 0.05) is 55.1 Å². The number of aromatic nitrogens is 1. The monoisotopic (exact) mass is 416 g/mol. The molecule has 1 atom stereocenters. The number of piperidine rings is 1. The van der Waals surface area contributed by atoms with E-state index in [2.05, 4.69) is 27.4 Å². The van der Waals surface area contributed by atoms with Gasteiger partial charge in [0.05, 0.1) is 11.3 Å². The summed E-state index contributed by atoms with van der Waals surface area (Å²) in [5.74, 6) is 1.09. The number of hydrogen-bond acceptors (Lipinski definition) is 6. The van der Waals surface area contributed by atoms with Crippen LogP contribution in [0.2, 0.25) is 0 Å². The molecule has 4 heterocycles. The smallest absolute Gasteiger partial charge is 0.254 e. The normalized spacial score (nSPS) is 20.6. The van der Waals surface area contributed by atoms with E-state index in [1.165, 1.54) is 35.3 Å². The highest BCUT2D eigenvalue weighted by Crippen LogP contribution is 2.31. The van der Waals surface area contributed by atoms with Crippen LogP contribution in [0, 0.1) is 13.8 Å². The van der Waals surface area contributed by atoms with Gasteiger partial charge in [-0.25, -0.2) is 0 Å². The summed E-state index contributed by atoms with van der Waals surface area (Å²) in [6.45, 7) is 8.65. The van der Waals surface area contributed by atoms with Crippen LogP contribution in [0.5, 0.6) is 0 Å². The van der Waals surface area contributed by atoms with E-state index in [-0.39, 0.29) is 5.91 Å². The van der Waals surface area contributed by atoms with Gasteiger partial charge in [-0.3, -0.25) is 9.69 Å². The molecule has 0 aliphatic carbocycles. The quantitative estimate of drug-likeness (QED) is 0.747. The van der Waals surface area contributed by atoms with E-state index in [4.69, 9.17) is 4.52 Å². The van der Waals surface area contributed by atoms with Crippen LogP contribution in [0.1, 0.15) is 57.1 Å². The van der Waals surface area contributed by atoms with Crippen molar-refractivity contribution in [2.45, 2.75) is 58.7 Å². The van der Waals surface area contributed by atoms with Gasteiger partial charge in [0.15, 0.2) is 0 Å². The number of amides is 1. The standard InChI is InChI=1S/C22H32N4O2S/c1-15-19(16(2)28-23-15)12-26-10-8-18-20(14-29-21(18)13-26)22(27)25(4)11-17-7-5-6-9-24(17)3/h14,17H,5-13H2,1-4H3/t17-/m0/s1. The van der Waals surface area contributed by atoms with Gasteiger partial charge in [-0.15, -0.1) is 11.3 Å². The van der Waals surface area contributed by atoms with E-state index in [1.807, 2.05) is 25.8 Å². The molecular weight excluding hydrogens is 384 g/mol. The summed E-state index contributed by atoms with van der Waals surface area (Å²) in [6.07, 6.45) is 4.66. The fourth-order valence-corrected chi connectivity index (χ4v) is 5.74. The average Bonchev–Trinajstić information content (AvgIpc) is 3.27. The van der Waals surface area contributed by atoms with E-state index in [9.17, 15) is 4.79 Å². The van der Waals surface area contributed by atoms with Crippen molar-refractivity contribution in [3.63, 3.8) is 0 Å². The third-order valence-corrected chi connectivity index (χ3v) is 7.59. The number of carbonyl (C=O) groups excluding carboxylic acids is 1. The van der Waals surface area contributed by atoms with Gasteiger partial charge in [0.25, 0.3) is 5.91 Å². The predicted octanol–water partition coefficient (Wildman–Crippen LogP) is 3.47. The number of rotatable bonds is 5. The minimum atomic E-state index is 0.181. The minimum Gasteiger partial charge on any atom is -0.361 e. The number of likely N-dealkylation sites (N-methyl/N-ethyl adjacent to an activating group) is 2. The molecule has 0 saturated carbocycles. The van der Waals surface area contributed by atoms with Gasteiger partial charge < -0.3 is 14.3 Å². The van der Waals surface area contributed by atoms with Crippen LogP contribution < -0.4 is 0 Å². The van der Waals surface area contributed by atoms with Crippen LogP contribution >= 0.6 is 11.3 Å². The van der Waals surface area contributed by atoms with Crippen molar-refractivity contribution < 1.29 is 9.32 Å². The maximum Gasteiger partial charge on any atom is 0.254 e. The maximum atomic E-state index is 13.2. The minimum absolute atomic E-state index is 0.181. The lowest BCUT2D eigenvalue weighted by Crippen LogP contribution is -2.45. The second-order valence-electron chi connectivity index (χ2n) is 8.63. The SMILES string of the molecule is Cc1noc(C)c1CN1CCc2c(C(=O)N(C)C[C@@H]3CCCCN3C)csc2C1. The lowest BCUT2D eigenvalue weighted by Gasteiger charge is -2.35. The van der Waals surface area contributed by atoms with Crippen molar-refractivity contribution in [2.24, 2.45) is 0 Å². The van der Waals surface area contributed by atoms with Gasteiger partial charge in [0.1, 0.15) is 5.76 Å². The summed E-state index contributed by atoms with van der Waals surface area (Å²) in [6, 6.07) is 0.484. The first-order chi connectivity index (χ1) is 13.9. The lowest BCUT2D eigenvalue weighted by atomic mass is 10.0. The van der Waals surface area contributed by atoms with E-state index in [0.717, 1.165) is 56.2 Å². The van der Waals surface area contributed by atoms with Gasteiger partial charge in [0.2, 0.25) is 0 Å². The molecule has 1 fully saturated rings. The predicted molar refractivity (Wildman–Crippen MR) is 115 cm³/mol. The molecule has 0 unspecified atom stereocenters. The fraction of sp³-hybridized carbons (Fsp3) is 0.636. The van der Waals surface area contributed by atoms with Crippen LogP contribution in [0.4, 0.5) is 0 Å². The summed E-state index contributed by atoms with van der Waals surface area (Å²) in [5, 5.41) is 6.15. The summed E-state index contributed by atoms with van der Waals surface area (Å²) < 4.78 is 5.31. The molecule has 0 radical (unpaired) electrons. The Morgan fingerprint density at radius 2 is 2.17 bits per heavy atom. The number of thiophene rings is 1. The van der Waals surface area contributed by atoms with E-state index in [1.54, 1.807) is 11.3 Å². The molecule has 1 saturated heterocycles. The highest BCUT2D eigenvalue weighted by Gasteiger charge is 2.28. The molecule has 1 amide bonds. The lowest BCUT2D eigenvalue weighted by molar-refractivity contribution is 0.0715. The van der Waals surface area contributed by atoms with Crippen LogP contribution in [-0.4, -0.2) is 65.5 Å².